The first-order valence-corrected chi connectivity index (χ1v) is 5.33. The van der Waals surface area contributed by atoms with E-state index in [1.807, 2.05) is 6.08 Å². The monoisotopic (exact) mass is 207 g/mol. The Morgan fingerprint density at radius 2 is 2.47 bits per heavy atom. The Kier molecular flexibility index (Phi) is 4.81. The lowest BCUT2D eigenvalue weighted by Gasteiger charge is -2.15. The Balaban J connectivity index is 2.10. The van der Waals surface area contributed by atoms with Gasteiger partial charge in [0.25, 0.3) is 0 Å². The second kappa shape index (κ2) is 6.17. The standard InChI is InChI=1S/C12H17NO2/c1-2-12(15)13-9-3-4-10-5-7-11(14)8-6-10/h2,5,7,10H,1,3-4,6,8-9H2,(H,13,15). The normalized spacial score (nSPS) is 20.0. The van der Waals surface area contributed by atoms with Crippen LogP contribution in [0.1, 0.15) is 25.7 Å². The molecule has 1 rings (SSSR count). The fourth-order valence-electron chi connectivity index (χ4n) is 1.64. The number of hydrogen-bond acceptors (Lipinski definition) is 2. The molecule has 0 spiro atoms. The minimum atomic E-state index is -0.121. The van der Waals surface area contributed by atoms with Gasteiger partial charge >= 0.3 is 0 Å². The van der Waals surface area contributed by atoms with Gasteiger partial charge in [-0.25, -0.2) is 0 Å². The van der Waals surface area contributed by atoms with E-state index in [1.165, 1.54) is 6.08 Å². The summed E-state index contributed by atoms with van der Waals surface area (Å²) in [5.74, 6) is 0.610. The van der Waals surface area contributed by atoms with E-state index in [9.17, 15) is 9.59 Å². The molecule has 0 bridgehead atoms. The molecule has 3 nitrogen and oxygen atoms in total. The van der Waals surface area contributed by atoms with E-state index in [0.29, 0.717) is 18.9 Å². The molecule has 0 saturated heterocycles. The number of hydrogen-bond donors (Lipinski definition) is 1. The van der Waals surface area contributed by atoms with Crippen LogP contribution in [0.15, 0.2) is 24.8 Å². The van der Waals surface area contributed by atoms with Crippen molar-refractivity contribution >= 4 is 11.7 Å². The van der Waals surface area contributed by atoms with Gasteiger partial charge in [-0.1, -0.05) is 12.7 Å². The Bertz CT molecular complexity index is 281. The summed E-state index contributed by atoms with van der Waals surface area (Å²) in [7, 11) is 0. The Morgan fingerprint density at radius 1 is 1.67 bits per heavy atom. The van der Waals surface area contributed by atoms with E-state index in [1.54, 1.807) is 6.08 Å². The minimum Gasteiger partial charge on any atom is -0.353 e. The molecule has 1 atom stereocenters. The summed E-state index contributed by atoms with van der Waals surface area (Å²) in [6.45, 7) is 4.06. The topological polar surface area (TPSA) is 46.2 Å². The lowest BCUT2D eigenvalue weighted by atomic mass is 9.91. The Morgan fingerprint density at radius 3 is 3.07 bits per heavy atom. The number of amides is 1. The molecule has 0 aliphatic heterocycles. The molecule has 15 heavy (non-hydrogen) atoms. The second-order valence-electron chi connectivity index (χ2n) is 3.76. The molecule has 1 N–H and O–H groups in total. The van der Waals surface area contributed by atoms with E-state index < -0.39 is 0 Å². The van der Waals surface area contributed by atoms with Gasteiger partial charge in [-0.15, -0.1) is 0 Å². The van der Waals surface area contributed by atoms with Crippen LogP contribution in [0.25, 0.3) is 0 Å². The van der Waals surface area contributed by atoms with Crippen molar-refractivity contribution in [1.82, 2.24) is 5.32 Å². The van der Waals surface area contributed by atoms with Crippen molar-refractivity contribution in [1.29, 1.82) is 0 Å². The van der Waals surface area contributed by atoms with Crippen molar-refractivity contribution < 1.29 is 9.59 Å². The highest BCUT2D eigenvalue weighted by atomic mass is 16.1. The fraction of sp³-hybridized carbons (Fsp3) is 0.500. The lowest BCUT2D eigenvalue weighted by Crippen LogP contribution is -2.22. The predicted octanol–water partition coefficient (Wildman–Crippen LogP) is 1.60. The molecule has 1 amide bonds. The van der Waals surface area contributed by atoms with Gasteiger partial charge in [-0.3, -0.25) is 9.59 Å². The molecule has 1 unspecified atom stereocenters. The summed E-state index contributed by atoms with van der Waals surface area (Å²) >= 11 is 0. The van der Waals surface area contributed by atoms with Gasteiger partial charge in [0.15, 0.2) is 5.78 Å². The molecule has 1 aliphatic rings. The summed E-state index contributed by atoms with van der Waals surface area (Å²) in [5.41, 5.74) is 0. The third-order valence-corrected chi connectivity index (χ3v) is 2.55. The van der Waals surface area contributed by atoms with E-state index >= 15 is 0 Å². The van der Waals surface area contributed by atoms with Crippen LogP contribution in [0, 0.1) is 5.92 Å². The second-order valence-corrected chi connectivity index (χ2v) is 3.76. The summed E-state index contributed by atoms with van der Waals surface area (Å²) in [6, 6.07) is 0. The van der Waals surface area contributed by atoms with Gasteiger partial charge in [-0.2, -0.15) is 0 Å². The number of carbonyl (C=O) groups is 2. The largest absolute Gasteiger partial charge is 0.353 e. The molecule has 1 aliphatic carbocycles. The summed E-state index contributed by atoms with van der Waals surface area (Å²) in [6.07, 6.45) is 8.53. The SMILES string of the molecule is C=CC(=O)NCCCC1C=CC(=O)CC1. The summed E-state index contributed by atoms with van der Waals surface area (Å²) < 4.78 is 0. The van der Waals surface area contributed by atoms with Gasteiger partial charge in [0.05, 0.1) is 0 Å². The first kappa shape index (κ1) is 11.7. The summed E-state index contributed by atoms with van der Waals surface area (Å²) in [5, 5.41) is 2.73. The molecular weight excluding hydrogens is 190 g/mol. The number of allylic oxidation sites excluding steroid dienone is 2. The van der Waals surface area contributed by atoms with Crippen molar-refractivity contribution in [2.45, 2.75) is 25.7 Å². The van der Waals surface area contributed by atoms with Crippen molar-refractivity contribution in [3.05, 3.63) is 24.8 Å². The highest BCUT2D eigenvalue weighted by Gasteiger charge is 2.12. The maximum atomic E-state index is 10.9. The van der Waals surface area contributed by atoms with Crippen molar-refractivity contribution in [2.75, 3.05) is 6.54 Å². The quantitative estimate of drug-likeness (QED) is 0.550. The molecule has 82 valence electrons. The molecule has 0 aromatic rings. The zero-order valence-electron chi connectivity index (χ0n) is 8.87. The van der Waals surface area contributed by atoms with Crippen LogP contribution in [0.4, 0.5) is 0 Å². The van der Waals surface area contributed by atoms with Crippen LogP contribution in [0.3, 0.4) is 0 Å². The molecule has 0 aromatic heterocycles. The third-order valence-electron chi connectivity index (χ3n) is 2.55. The van der Waals surface area contributed by atoms with E-state index in [-0.39, 0.29) is 11.7 Å². The molecule has 3 heteroatoms. The Hall–Kier alpha value is -1.38. The molecular formula is C12H17NO2. The lowest BCUT2D eigenvalue weighted by molar-refractivity contribution is -0.116. The van der Waals surface area contributed by atoms with Gasteiger partial charge in [-0.05, 0) is 37.3 Å². The van der Waals surface area contributed by atoms with Crippen molar-refractivity contribution in [3.8, 4) is 0 Å². The predicted molar refractivity (Wildman–Crippen MR) is 59.3 cm³/mol. The zero-order chi connectivity index (χ0) is 11.1. The van der Waals surface area contributed by atoms with Gasteiger partial charge in [0.1, 0.15) is 0 Å². The smallest absolute Gasteiger partial charge is 0.243 e. The molecule has 0 fully saturated rings. The third kappa shape index (κ3) is 4.58. The number of rotatable bonds is 5. The van der Waals surface area contributed by atoms with Crippen LogP contribution in [-0.4, -0.2) is 18.2 Å². The Labute approximate surface area is 90.2 Å². The maximum Gasteiger partial charge on any atom is 0.243 e. The van der Waals surface area contributed by atoms with Crippen molar-refractivity contribution in [2.24, 2.45) is 5.92 Å². The molecule has 0 heterocycles. The zero-order valence-corrected chi connectivity index (χ0v) is 8.87. The highest BCUT2D eigenvalue weighted by Crippen LogP contribution is 2.19. The molecule has 0 aromatic carbocycles. The van der Waals surface area contributed by atoms with Crippen molar-refractivity contribution in [3.63, 3.8) is 0 Å². The molecule has 0 saturated carbocycles. The summed E-state index contributed by atoms with van der Waals surface area (Å²) in [4.78, 5) is 21.7. The van der Waals surface area contributed by atoms with Gasteiger partial charge in [0.2, 0.25) is 5.91 Å². The maximum absolute atomic E-state index is 10.9. The fourth-order valence-corrected chi connectivity index (χ4v) is 1.64. The number of carbonyl (C=O) groups excluding carboxylic acids is 2. The van der Waals surface area contributed by atoms with Crippen LogP contribution in [-0.2, 0) is 9.59 Å². The first-order chi connectivity index (χ1) is 7.22. The van der Waals surface area contributed by atoms with E-state index in [0.717, 1.165) is 19.3 Å². The van der Waals surface area contributed by atoms with Crippen LogP contribution < -0.4 is 5.32 Å². The van der Waals surface area contributed by atoms with Crippen LogP contribution in [0.2, 0.25) is 0 Å². The van der Waals surface area contributed by atoms with Crippen LogP contribution in [0.5, 0.6) is 0 Å². The van der Waals surface area contributed by atoms with Gasteiger partial charge < -0.3 is 5.32 Å². The highest BCUT2D eigenvalue weighted by molar-refractivity contribution is 5.90. The van der Waals surface area contributed by atoms with Crippen LogP contribution >= 0.6 is 0 Å². The van der Waals surface area contributed by atoms with E-state index in [4.69, 9.17) is 0 Å². The average Bonchev–Trinajstić information content (AvgIpc) is 2.26. The minimum absolute atomic E-state index is 0.121. The molecule has 0 radical (unpaired) electrons. The van der Waals surface area contributed by atoms with Gasteiger partial charge in [0, 0.05) is 13.0 Å². The van der Waals surface area contributed by atoms with E-state index in [2.05, 4.69) is 11.9 Å². The number of ketones is 1. The number of nitrogens with one attached hydrogen (secondary N) is 1. The average molecular weight is 207 g/mol. The first-order valence-electron chi connectivity index (χ1n) is 5.33.